The first-order valence-electron chi connectivity index (χ1n) is 7.46. The van der Waals surface area contributed by atoms with E-state index in [9.17, 15) is 9.18 Å². The summed E-state index contributed by atoms with van der Waals surface area (Å²) in [6.45, 7) is 1.21. The maximum absolute atomic E-state index is 13.2. The lowest BCUT2D eigenvalue weighted by molar-refractivity contribution is -0.120. The number of nitrogens with one attached hydrogen (secondary N) is 1. The number of carbonyl (C=O) groups excluding carboxylic acids is 1. The second-order valence-electron chi connectivity index (χ2n) is 5.71. The molecule has 4 nitrogen and oxygen atoms in total. The predicted molar refractivity (Wildman–Crippen MR) is 95.4 cm³/mol. The molecular formula is C17H13ClFN3OS. The fourth-order valence-electron chi connectivity index (χ4n) is 2.63. The van der Waals surface area contributed by atoms with E-state index in [1.807, 2.05) is 11.0 Å². The Morgan fingerprint density at radius 1 is 1.29 bits per heavy atom. The molecule has 0 unspecified atom stereocenters. The van der Waals surface area contributed by atoms with Crippen molar-refractivity contribution in [3.63, 3.8) is 0 Å². The Hall–Kier alpha value is -2.18. The number of fused-ring (bicyclic) bond motifs is 1. The van der Waals surface area contributed by atoms with Crippen LogP contribution in [0.3, 0.4) is 0 Å². The van der Waals surface area contributed by atoms with Crippen LogP contribution in [0.4, 0.5) is 15.2 Å². The number of nitrogens with zero attached hydrogens (tertiary/aromatic N) is 2. The molecule has 4 rings (SSSR count). The monoisotopic (exact) mass is 361 g/mol. The zero-order chi connectivity index (χ0) is 16.7. The first-order valence-corrected chi connectivity index (χ1v) is 8.65. The highest BCUT2D eigenvalue weighted by Gasteiger charge is 2.34. The van der Waals surface area contributed by atoms with Gasteiger partial charge in [-0.05, 0) is 36.4 Å². The van der Waals surface area contributed by atoms with Crippen LogP contribution in [0, 0.1) is 11.7 Å². The van der Waals surface area contributed by atoms with E-state index in [0.717, 1.165) is 15.3 Å². The molecule has 122 valence electrons. The molecule has 2 heterocycles. The number of halogens is 2. The van der Waals surface area contributed by atoms with Crippen molar-refractivity contribution in [3.05, 3.63) is 53.3 Å². The summed E-state index contributed by atoms with van der Waals surface area (Å²) in [4.78, 5) is 18.8. The van der Waals surface area contributed by atoms with Crippen molar-refractivity contribution in [2.75, 3.05) is 23.3 Å². The molecule has 1 aliphatic heterocycles. The molecule has 0 radical (unpaired) electrons. The third-order valence-electron chi connectivity index (χ3n) is 3.95. The SMILES string of the molecule is O=C(Nc1cccc(Cl)c1)C1CN(c2nc3ccc(F)cc3s2)C1. The summed E-state index contributed by atoms with van der Waals surface area (Å²) >= 11 is 7.36. The van der Waals surface area contributed by atoms with Crippen molar-refractivity contribution in [2.45, 2.75) is 0 Å². The zero-order valence-corrected chi connectivity index (χ0v) is 14.1. The van der Waals surface area contributed by atoms with Gasteiger partial charge in [0.1, 0.15) is 5.82 Å². The molecular weight excluding hydrogens is 349 g/mol. The molecule has 0 aliphatic carbocycles. The number of benzene rings is 2. The molecule has 1 aliphatic rings. The Morgan fingerprint density at radius 2 is 2.12 bits per heavy atom. The molecule has 1 amide bonds. The number of thiazole rings is 1. The highest BCUT2D eigenvalue weighted by atomic mass is 35.5. The van der Waals surface area contributed by atoms with Gasteiger partial charge in [-0.15, -0.1) is 0 Å². The second-order valence-corrected chi connectivity index (χ2v) is 7.16. The van der Waals surface area contributed by atoms with Gasteiger partial charge >= 0.3 is 0 Å². The van der Waals surface area contributed by atoms with Crippen LogP contribution in [-0.2, 0) is 4.79 Å². The van der Waals surface area contributed by atoms with Crippen molar-refractivity contribution < 1.29 is 9.18 Å². The van der Waals surface area contributed by atoms with Crippen LogP contribution in [0.1, 0.15) is 0 Å². The highest BCUT2D eigenvalue weighted by Crippen LogP contribution is 2.33. The minimum Gasteiger partial charge on any atom is -0.346 e. The van der Waals surface area contributed by atoms with Crippen LogP contribution in [0.5, 0.6) is 0 Å². The van der Waals surface area contributed by atoms with E-state index in [4.69, 9.17) is 11.6 Å². The number of hydrogen-bond donors (Lipinski definition) is 1. The van der Waals surface area contributed by atoms with Gasteiger partial charge in [0.25, 0.3) is 0 Å². The molecule has 7 heteroatoms. The van der Waals surface area contributed by atoms with Gasteiger partial charge in [-0.3, -0.25) is 4.79 Å². The molecule has 2 aromatic carbocycles. The summed E-state index contributed by atoms with van der Waals surface area (Å²) in [7, 11) is 0. The minimum atomic E-state index is -0.264. The number of amides is 1. The van der Waals surface area contributed by atoms with Gasteiger partial charge in [-0.25, -0.2) is 9.37 Å². The third-order valence-corrected chi connectivity index (χ3v) is 5.27. The van der Waals surface area contributed by atoms with E-state index >= 15 is 0 Å². The molecule has 1 fully saturated rings. The van der Waals surface area contributed by atoms with Crippen LogP contribution >= 0.6 is 22.9 Å². The van der Waals surface area contributed by atoms with E-state index in [2.05, 4.69) is 10.3 Å². The average Bonchev–Trinajstić information content (AvgIpc) is 2.88. The molecule has 1 N–H and O–H groups in total. The molecule has 0 spiro atoms. The summed E-state index contributed by atoms with van der Waals surface area (Å²) in [5.41, 5.74) is 1.48. The van der Waals surface area contributed by atoms with Gasteiger partial charge in [0.15, 0.2) is 5.13 Å². The maximum Gasteiger partial charge on any atom is 0.231 e. The maximum atomic E-state index is 13.2. The van der Waals surface area contributed by atoms with E-state index in [1.54, 1.807) is 24.3 Å². The quantitative estimate of drug-likeness (QED) is 0.761. The van der Waals surface area contributed by atoms with Crippen molar-refractivity contribution >= 4 is 49.9 Å². The van der Waals surface area contributed by atoms with Gasteiger partial charge < -0.3 is 10.2 Å². The molecule has 3 aromatic rings. The lowest BCUT2D eigenvalue weighted by Gasteiger charge is -2.37. The zero-order valence-electron chi connectivity index (χ0n) is 12.5. The van der Waals surface area contributed by atoms with Crippen LogP contribution in [0.15, 0.2) is 42.5 Å². The summed E-state index contributed by atoms with van der Waals surface area (Å²) in [6, 6.07) is 11.7. The summed E-state index contributed by atoms with van der Waals surface area (Å²) in [6.07, 6.45) is 0. The lowest BCUT2D eigenvalue weighted by atomic mass is 10.00. The van der Waals surface area contributed by atoms with E-state index < -0.39 is 0 Å². The smallest absolute Gasteiger partial charge is 0.231 e. The topological polar surface area (TPSA) is 45.2 Å². The van der Waals surface area contributed by atoms with E-state index in [0.29, 0.717) is 23.8 Å². The highest BCUT2D eigenvalue weighted by molar-refractivity contribution is 7.22. The van der Waals surface area contributed by atoms with Gasteiger partial charge in [-0.1, -0.05) is 29.0 Å². The van der Waals surface area contributed by atoms with E-state index in [-0.39, 0.29) is 17.6 Å². The normalized spacial score (nSPS) is 14.7. The molecule has 0 bridgehead atoms. The predicted octanol–water partition coefficient (Wildman–Crippen LogP) is 4.16. The number of carbonyl (C=O) groups is 1. The Bertz CT molecular complexity index is 923. The Labute approximate surface area is 146 Å². The summed E-state index contributed by atoms with van der Waals surface area (Å²) in [5.74, 6) is -0.381. The fraction of sp³-hybridized carbons (Fsp3) is 0.176. The van der Waals surface area contributed by atoms with Gasteiger partial charge in [0, 0.05) is 23.8 Å². The first kappa shape index (κ1) is 15.4. The second kappa shape index (κ2) is 6.03. The number of hydrogen-bond acceptors (Lipinski definition) is 4. The van der Waals surface area contributed by atoms with Crippen molar-refractivity contribution in [1.29, 1.82) is 0 Å². The van der Waals surface area contributed by atoms with Crippen molar-refractivity contribution in [1.82, 2.24) is 4.98 Å². The van der Waals surface area contributed by atoms with E-state index in [1.165, 1.54) is 23.5 Å². The lowest BCUT2D eigenvalue weighted by Crippen LogP contribution is -2.52. The van der Waals surface area contributed by atoms with Crippen molar-refractivity contribution in [3.8, 4) is 0 Å². The number of rotatable bonds is 3. The third kappa shape index (κ3) is 2.95. The molecule has 1 saturated heterocycles. The van der Waals surface area contributed by atoms with Crippen LogP contribution in [0.25, 0.3) is 10.2 Å². The molecule has 0 atom stereocenters. The number of aromatic nitrogens is 1. The summed E-state index contributed by atoms with van der Waals surface area (Å²) in [5, 5.41) is 4.28. The minimum absolute atomic E-state index is 0.0272. The van der Waals surface area contributed by atoms with Crippen LogP contribution in [-0.4, -0.2) is 24.0 Å². The summed E-state index contributed by atoms with van der Waals surface area (Å²) < 4.78 is 14.1. The standard InChI is InChI=1S/C17H13ClFN3OS/c18-11-2-1-3-13(6-11)20-16(23)10-8-22(9-10)17-21-14-5-4-12(19)7-15(14)24-17/h1-7,10H,8-9H2,(H,20,23). The van der Waals surface area contributed by atoms with Gasteiger partial charge in [-0.2, -0.15) is 0 Å². The fourth-order valence-corrected chi connectivity index (χ4v) is 3.83. The van der Waals surface area contributed by atoms with Gasteiger partial charge in [0.2, 0.25) is 5.91 Å². The molecule has 0 saturated carbocycles. The Kier molecular flexibility index (Phi) is 3.86. The Morgan fingerprint density at radius 3 is 2.92 bits per heavy atom. The molecule has 24 heavy (non-hydrogen) atoms. The molecule has 1 aromatic heterocycles. The first-order chi connectivity index (χ1) is 11.6. The van der Waals surface area contributed by atoms with Crippen LogP contribution < -0.4 is 10.2 Å². The van der Waals surface area contributed by atoms with Crippen molar-refractivity contribution in [2.24, 2.45) is 5.92 Å². The van der Waals surface area contributed by atoms with Crippen LogP contribution in [0.2, 0.25) is 5.02 Å². The largest absolute Gasteiger partial charge is 0.346 e. The number of anilines is 2. The Balaban J connectivity index is 1.40. The van der Waals surface area contributed by atoms with Gasteiger partial charge in [0.05, 0.1) is 16.1 Å². The average molecular weight is 362 g/mol.